The zero-order valence-corrected chi connectivity index (χ0v) is 16.4. The lowest BCUT2D eigenvalue weighted by atomic mass is 10.1. The van der Waals surface area contributed by atoms with Crippen molar-refractivity contribution in [2.75, 3.05) is 33.4 Å². The molecule has 0 bridgehead atoms. The van der Waals surface area contributed by atoms with Crippen molar-refractivity contribution in [1.29, 1.82) is 0 Å². The van der Waals surface area contributed by atoms with E-state index in [2.05, 4.69) is 20.4 Å². The molecular formula is C22H24N4O3. The van der Waals surface area contributed by atoms with Crippen molar-refractivity contribution in [3.8, 4) is 5.75 Å². The van der Waals surface area contributed by atoms with E-state index in [1.54, 1.807) is 19.5 Å². The van der Waals surface area contributed by atoms with Crippen LogP contribution in [0.25, 0.3) is 10.9 Å². The summed E-state index contributed by atoms with van der Waals surface area (Å²) in [6.07, 6.45) is 3.35. The largest absolute Gasteiger partial charge is 0.496 e. The van der Waals surface area contributed by atoms with Gasteiger partial charge in [0.15, 0.2) is 0 Å². The van der Waals surface area contributed by atoms with Crippen molar-refractivity contribution < 1.29 is 14.3 Å². The van der Waals surface area contributed by atoms with Crippen molar-refractivity contribution in [2.45, 2.75) is 6.54 Å². The van der Waals surface area contributed by atoms with Crippen LogP contribution < -0.4 is 10.2 Å². The van der Waals surface area contributed by atoms with Crippen molar-refractivity contribution in [1.82, 2.24) is 15.3 Å². The van der Waals surface area contributed by atoms with Crippen LogP contribution in [0, 0.1) is 0 Å². The Kier molecular flexibility index (Phi) is 5.88. The summed E-state index contributed by atoms with van der Waals surface area (Å²) in [7, 11) is 1.67. The topological polar surface area (TPSA) is 78.9 Å². The van der Waals surface area contributed by atoms with Gasteiger partial charge >= 0.3 is 0 Å². The summed E-state index contributed by atoms with van der Waals surface area (Å²) < 4.78 is 10.9. The van der Waals surface area contributed by atoms with Gasteiger partial charge in [0.25, 0.3) is 5.91 Å². The minimum Gasteiger partial charge on any atom is -0.496 e. The van der Waals surface area contributed by atoms with Gasteiger partial charge in [-0.05, 0) is 29.8 Å². The Balaban J connectivity index is 1.44. The molecule has 1 amide bonds. The second-order valence-corrected chi connectivity index (χ2v) is 6.91. The fourth-order valence-corrected chi connectivity index (χ4v) is 3.49. The molecule has 1 fully saturated rings. The predicted octanol–water partition coefficient (Wildman–Crippen LogP) is 2.77. The lowest BCUT2D eigenvalue weighted by Gasteiger charge is -2.27. The molecule has 4 rings (SSSR count). The Morgan fingerprint density at radius 3 is 2.93 bits per heavy atom. The van der Waals surface area contributed by atoms with Crippen LogP contribution in [0.2, 0.25) is 0 Å². The monoisotopic (exact) mass is 392 g/mol. The molecule has 29 heavy (non-hydrogen) atoms. The summed E-state index contributed by atoms with van der Waals surface area (Å²) in [4.78, 5) is 17.9. The number of H-pyrrole nitrogens is 1. The predicted molar refractivity (Wildman–Crippen MR) is 112 cm³/mol. The smallest absolute Gasteiger partial charge is 0.273 e. The molecule has 0 aliphatic carbocycles. The molecule has 1 aliphatic rings. The van der Waals surface area contributed by atoms with Crippen LogP contribution in [0.4, 0.5) is 0 Å². The molecule has 0 unspecified atom stereocenters. The summed E-state index contributed by atoms with van der Waals surface area (Å²) >= 11 is 0. The molecule has 1 aromatic heterocycles. The maximum Gasteiger partial charge on any atom is 0.273 e. The van der Waals surface area contributed by atoms with Crippen molar-refractivity contribution >= 4 is 23.0 Å². The molecule has 0 spiro atoms. The van der Waals surface area contributed by atoms with E-state index in [-0.39, 0.29) is 5.91 Å². The molecule has 7 heteroatoms. The highest BCUT2D eigenvalue weighted by atomic mass is 16.5. The third-order valence-electron chi connectivity index (χ3n) is 5.02. The highest BCUT2D eigenvalue weighted by Crippen LogP contribution is 2.22. The molecule has 0 saturated carbocycles. The zero-order chi connectivity index (χ0) is 20.1. The second-order valence-electron chi connectivity index (χ2n) is 6.91. The van der Waals surface area contributed by atoms with Crippen LogP contribution in [-0.4, -0.2) is 55.4 Å². The molecule has 3 aromatic rings. The third-order valence-corrected chi connectivity index (χ3v) is 5.02. The summed E-state index contributed by atoms with van der Waals surface area (Å²) in [5.41, 5.74) is 6.08. The maximum absolute atomic E-state index is 12.5. The zero-order valence-electron chi connectivity index (χ0n) is 16.4. The van der Waals surface area contributed by atoms with Gasteiger partial charge in [-0.25, -0.2) is 5.43 Å². The number of nitrogens with one attached hydrogen (secondary N) is 2. The number of amides is 1. The molecular weight excluding hydrogens is 368 g/mol. The first-order chi connectivity index (χ1) is 14.2. The highest BCUT2D eigenvalue weighted by molar-refractivity contribution is 6.06. The lowest BCUT2D eigenvalue weighted by Crippen LogP contribution is -2.35. The number of carbonyl (C=O) groups excluding carboxylic acids is 1. The number of aromatic amines is 1. The molecule has 0 atom stereocenters. The SMILES string of the molecule is COc1ccc(/C=N\NC(=O)c2c[nH]c3ccccc23)cc1CN1CCOCC1. The highest BCUT2D eigenvalue weighted by Gasteiger charge is 2.14. The molecule has 2 heterocycles. The van der Waals surface area contributed by atoms with Gasteiger partial charge in [-0.2, -0.15) is 5.10 Å². The minimum atomic E-state index is -0.249. The van der Waals surface area contributed by atoms with E-state index >= 15 is 0 Å². The average Bonchev–Trinajstić information content (AvgIpc) is 3.19. The molecule has 1 saturated heterocycles. The summed E-state index contributed by atoms with van der Waals surface area (Å²) in [5, 5.41) is 5.01. The van der Waals surface area contributed by atoms with Crippen molar-refractivity contribution in [3.05, 3.63) is 65.4 Å². The maximum atomic E-state index is 12.5. The van der Waals surface area contributed by atoms with Gasteiger partial charge < -0.3 is 14.5 Å². The van der Waals surface area contributed by atoms with Crippen LogP contribution in [0.1, 0.15) is 21.5 Å². The molecule has 150 valence electrons. The number of methoxy groups -OCH3 is 1. The number of hydrogen-bond acceptors (Lipinski definition) is 5. The Bertz CT molecular complexity index is 1020. The number of hydrazone groups is 1. The molecule has 1 aliphatic heterocycles. The van der Waals surface area contributed by atoms with Gasteiger partial charge in [-0.3, -0.25) is 9.69 Å². The third kappa shape index (κ3) is 4.47. The van der Waals surface area contributed by atoms with E-state index in [1.807, 2.05) is 42.5 Å². The van der Waals surface area contributed by atoms with Gasteiger partial charge in [0, 0.05) is 42.3 Å². The Morgan fingerprint density at radius 2 is 2.10 bits per heavy atom. The fraction of sp³-hybridized carbons (Fsp3) is 0.273. The molecule has 2 N–H and O–H groups in total. The van der Waals surface area contributed by atoms with E-state index in [9.17, 15) is 4.79 Å². The number of rotatable bonds is 6. The number of carbonyl (C=O) groups is 1. The van der Waals surface area contributed by atoms with Crippen LogP contribution >= 0.6 is 0 Å². The molecule has 0 radical (unpaired) electrons. The van der Waals surface area contributed by atoms with Crippen LogP contribution in [0.3, 0.4) is 0 Å². The quantitative estimate of drug-likeness (QED) is 0.499. The van der Waals surface area contributed by atoms with Gasteiger partial charge in [-0.15, -0.1) is 0 Å². The van der Waals surface area contributed by atoms with Gasteiger partial charge in [0.2, 0.25) is 0 Å². The summed E-state index contributed by atoms with van der Waals surface area (Å²) in [6.45, 7) is 4.10. The second kappa shape index (κ2) is 8.89. The number of para-hydroxylation sites is 1. The first-order valence-electron chi connectivity index (χ1n) is 9.61. The van der Waals surface area contributed by atoms with Gasteiger partial charge in [0.05, 0.1) is 32.1 Å². The van der Waals surface area contributed by atoms with Crippen LogP contribution in [0.5, 0.6) is 5.75 Å². The molecule has 2 aromatic carbocycles. The number of aromatic nitrogens is 1. The first-order valence-corrected chi connectivity index (χ1v) is 9.61. The first kappa shape index (κ1) is 19.2. The standard InChI is InChI=1S/C22H24N4O3/c1-28-21-7-6-16(12-17(21)15-26-8-10-29-11-9-26)13-24-25-22(27)19-14-23-20-5-3-2-4-18(19)20/h2-7,12-14,23H,8-11,15H2,1H3,(H,25,27)/b24-13-. The van der Waals surface area contributed by atoms with Gasteiger partial charge in [-0.1, -0.05) is 18.2 Å². The van der Waals surface area contributed by atoms with Gasteiger partial charge in [0.1, 0.15) is 5.75 Å². The number of ether oxygens (including phenoxy) is 2. The number of fused-ring (bicyclic) bond motifs is 1. The van der Waals surface area contributed by atoms with Crippen molar-refractivity contribution in [3.63, 3.8) is 0 Å². The number of morpholine rings is 1. The number of hydrogen-bond donors (Lipinski definition) is 2. The Hall–Kier alpha value is -3.16. The van der Waals surface area contributed by atoms with E-state index in [4.69, 9.17) is 9.47 Å². The van der Waals surface area contributed by atoms with Crippen LogP contribution in [-0.2, 0) is 11.3 Å². The average molecular weight is 392 g/mol. The molecule has 7 nitrogen and oxygen atoms in total. The van der Waals surface area contributed by atoms with Crippen LogP contribution in [0.15, 0.2) is 53.8 Å². The normalized spacial score (nSPS) is 15.1. The number of benzene rings is 2. The summed E-state index contributed by atoms with van der Waals surface area (Å²) in [5.74, 6) is 0.595. The Labute approximate surface area is 169 Å². The minimum absolute atomic E-state index is 0.249. The van der Waals surface area contributed by atoms with Crippen molar-refractivity contribution in [2.24, 2.45) is 5.10 Å². The van der Waals surface area contributed by atoms with E-state index in [0.717, 1.165) is 60.6 Å². The lowest BCUT2D eigenvalue weighted by molar-refractivity contribution is 0.0339. The van der Waals surface area contributed by atoms with E-state index in [0.29, 0.717) is 5.56 Å². The number of nitrogens with zero attached hydrogens (tertiary/aromatic N) is 2. The Morgan fingerprint density at radius 1 is 1.28 bits per heavy atom. The summed E-state index contributed by atoms with van der Waals surface area (Å²) in [6, 6.07) is 13.6. The fourth-order valence-electron chi connectivity index (χ4n) is 3.49. The van der Waals surface area contributed by atoms with E-state index in [1.165, 1.54) is 0 Å². The van der Waals surface area contributed by atoms with E-state index < -0.39 is 0 Å².